The van der Waals surface area contributed by atoms with Crippen LogP contribution >= 0.6 is 11.8 Å². The van der Waals surface area contributed by atoms with E-state index in [0.29, 0.717) is 5.25 Å². The largest absolute Gasteiger partial charge is 0.321 e. The van der Waals surface area contributed by atoms with Crippen molar-refractivity contribution >= 4 is 23.4 Å². The van der Waals surface area contributed by atoms with Crippen molar-refractivity contribution in [2.24, 2.45) is 0 Å². The van der Waals surface area contributed by atoms with E-state index >= 15 is 0 Å². The molecule has 0 atom stereocenters. The summed E-state index contributed by atoms with van der Waals surface area (Å²) in [6, 6.07) is 13.9. The van der Waals surface area contributed by atoms with Crippen molar-refractivity contribution in [1.82, 2.24) is 0 Å². The van der Waals surface area contributed by atoms with Crippen LogP contribution in [0.2, 0.25) is 0 Å². The first-order chi connectivity index (χ1) is 10.5. The Balaban J connectivity index is 2.31. The number of amides is 1. The van der Waals surface area contributed by atoms with Gasteiger partial charge in [-0.25, -0.2) is 0 Å². The molecular formula is C19H23NOS. The zero-order valence-electron chi connectivity index (χ0n) is 13.6. The van der Waals surface area contributed by atoms with Gasteiger partial charge in [0.25, 0.3) is 5.91 Å². The fourth-order valence-electron chi connectivity index (χ4n) is 2.39. The lowest BCUT2D eigenvalue weighted by molar-refractivity contribution is 0.102. The van der Waals surface area contributed by atoms with Gasteiger partial charge in [0.2, 0.25) is 0 Å². The first kappa shape index (κ1) is 16.6. The Morgan fingerprint density at radius 1 is 1.14 bits per heavy atom. The summed E-state index contributed by atoms with van der Waals surface area (Å²) in [5.74, 6) is -0.0345. The van der Waals surface area contributed by atoms with Gasteiger partial charge in [0.15, 0.2) is 0 Å². The molecule has 0 aliphatic heterocycles. The van der Waals surface area contributed by atoms with Gasteiger partial charge in [0, 0.05) is 15.8 Å². The van der Waals surface area contributed by atoms with Crippen molar-refractivity contribution < 1.29 is 4.79 Å². The molecule has 0 spiro atoms. The molecule has 2 aromatic rings. The number of carbonyl (C=O) groups is 1. The predicted octanol–water partition coefficient (Wildman–Crippen LogP) is 5.31. The number of nitrogens with one attached hydrogen (secondary N) is 1. The van der Waals surface area contributed by atoms with Crippen LogP contribution in [-0.2, 0) is 6.42 Å². The van der Waals surface area contributed by atoms with Crippen LogP contribution in [0.4, 0.5) is 5.69 Å². The molecule has 0 unspecified atom stereocenters. The molecule has 0 bridgehead atoms. The third-order valence-corrected chi connectivity index (χ3v) is 4.55. The Morgan fingerprint density at radius 3 is 2.55 bits per heavy atom. The van der Waals surface area contributed by atoms with Crippen LogP contribution < -0.4 is 5.32 Å². The zero-order chi connectivity index (χ0) is 16.1. The van der Waals surface area contributed by atoms with Crippen molar-refractivity contribution in [2.75, 3.05) is 5.32 Å². The minimum atomic E-state index is -0.0345. The lowest BCUT2D eigenvalue weighted by Gasteiger charge is -2.15. The lowest BCUT2D eigenvalue weighted by atomic mass is 10.1. The van der Waals surface area contributed by atoms with Gasteiger partial charge < -0.3 is 5.32 Å². The Hall–Kier alpha value is -1.74. The van der Waals surface area contributed by atoms with Gasteiger partial charge in [-0.2, -0.15) is 0 Å². The summed E-state index contributed by atoms with van der Waals surface area (Å²) in [5, 5.41) is 3.55. The van der Waals surface area contributed by atoms with E-state index in [4.69, 9.17) is 0 Å². The highest BCUT2D eigenvalue weighted by Gasteiger charge is 2.14. The Labute approximate surface area is 137 Å². The summed E-state index contributed by atoms with van der Waals surface area (Å²) in [6.07, 6.45) is 0.902. The molecule has 0 fully saturated rings. The summed E-state index contributed by atoms with van der Waals surface area (Å²) in [7, 11) is 0. The number of thioether (sulfide) groups is 1. The second kappa shape index (κ2) is 7.50. The number of carbonyl (C=O) groups excluding carboxylic acids is 1. The first-order valence-corrected chi connectivity index (χ1v) is 8.56. The van der Waals surface area contributed by atoms with E-state index in [1.807, 2.05) is 43.3 Å². The fourth-order valence-corrected chi connectivity index (χ4v) is 3.35. The minimum absolute atomic E-state index is 0.0345. The molecule has 0 radical (unpaired) electrons. The topological polar surface area (TPSA) is 29.1 Å². The Kier molecular flexibility index (Phi) is 5.67. The predicted molar refractivity (Wildman–Crippen MR) is 95.9 cm³/mol. The maximum Gasteiger partial charge on any atom is 0.256 e. The molecule has 0 saturated heterocycles. The molecule has 116 valence electrons. The third kappa shape index (κ3) is 3.92. The number of benzene rings is 2. The van der Waals surface area contributed by atoms with Crippen LogP contribution in [0.25, 0.3) is 0 Å². The average Bonchev–Trinajstić information content (AvgIpc) is 2.49. The molecule has 3 heteroatoms. The van der Waals surface area contributed by atoms with Crippen molar-refractivity contribution in [3.63, 3.8) is 0 Å². The molecular weight excluding hydrogens is 290 g/mol. The van der Waals surface area contributed by atoms with Crippen LogP contribution in [0.1, 0.15) is 42.3 Å². The summed E-state index contributed by atoms with van der Waals surface area (Å²) in [4.78, 5) is 13.7. The smallest absolute Gasteiger partial charge is 0.256 e. The Morgan fingerprint density at radius 2 is 1.86 bits per heavy atom. The van der Waals surface area contributed by atoms with Crippen molar-refractivity contribution in [1.29, 1.82) is 0 Å². The van der Waals surface area contributed by atoms with Crippen molar-refractivity contribution in [3.05, 3.63) is 59.2 Å². The maximum absolute atomic E-state index is 12.7. The fraction of sp³-hybridized carbons (Fsp3) is 0.316. The second-order valence-electron chi connectivity index (χ2n) is 5.58. The van der Waals surface area contributed by atoms with Crippen LogP contribution in [0, 0.1) is 6.92 Å². The number of hydrogen-bond donors (Lipinski definition) is 1. The molecule has 1 amide bonds. The summed E-state index contributed by atoms with van der Waals surface area (Å²) in [5.41, 5.74) is 3.95. The zero-order valence-corrected chi connectivity index (χ0v) is 14.5. The number of anilines is 1. The van der Waals surface area contributed by atoms with Gasteiger partial charge >= 0.3 is 0 Å². The highest BCUT2D eigenvalue weighted by Crippen LogP contribution is 2.28. The number of para-hydroxylation sites is 1. The normalized spacial score (nSPS) is 10.8. The highest BCUT2D eigenvalue weighted by atomic mass is 32.2. The highest BCUT2D eigenvalue weighted by molar-refractivity contribution is 8.00. The molecule has 0 saturated carbocycles. The van der Waals surface area contributed by atoms with E-state index in [2.05, 4.69) is 32.2 Å². The third-order valence-electron chi connectivity index (χ3n) is 3.47. The number of hydrogen-bond acceptors (Lipinski definition) is 2. The SMILES string of the molecule is CCc1cccc(C)c1NC(=O)c1ccccc1SC(C)C. The molecule has 0 aliphatic rings. The van der Waals surface area contributed by atoms with E-state index in [-0.39, 0.29) is 5.91 Å². The Bertz CT molecular complexity index is 664. The molecule has 0 heterocycles. The molecule has 22 heavy (non-hydrogen) atoms. The number of aryl methyl sites for hydroxylation is 2. The van der Waals surface area contributed by atoms with Crippen LogP contribution in [0.15, 0.2) is 47.4 Å². The average molecular weight is 313 g/mol. The summed E-state index contributed by atoms with van der Waals surface area (Å²) < 4.78 is 0. The van der Waals surface area contributed by atoms with E-state index in [9.17, 15) is 4.79 Å². The molecule has 0 aromatic heterocycles. The molecule has 0 aliphatic carbocycles. The van der Waals surface area contributed by atoms with Crippen LogP contribution in [0.3, 0.4) is 0 Å². The van der Waals surface area contributed by atoms with E-state index < -0.39 is 0 Å². The standard InChI is InChI=1S/C19H23NOS/c1-5-15-10-8-9-14(4)18(15)20-19(21)16-11-6-7-12-17(16)22-13(2)3/h6-13H,5H2,1-4H3,(H,20,21). The van der Waals surface area contributed by atoms with E-state index in [1.165, 1.54) is 5.56 Å². The van der Waals surface area contributed by atoms with Gasteiger partial charge in [0.05, 0.1) is 5.56 Å². The van der Waals surface area contributed by atoms with Gasteiger partial charge in [-0.3, -0.25) is 4.79 Å². The molecule has 1 N–H and O–H groups in total. The minimum Gasteiger partial charge on any atom is -0.321 e. The monoisotopic (exact) mass is 313 g/mol. The van der Waals surface area contributed by atoms with Crippen LogP contribution in [-0.4, -0.2) is 11.2 Å². The van der Waals surface area contributed by atoms with Crippen LogP contribution in [0.5, 0.6) is 0 Å². The van der Waals surface area contributed by atoms with Gasteiger partial charge in [-0.05, 0) is 36.6 Å². The summed E-state index contributed by atoms with van der Waals surface area (Å²) in [6.45, 7) is 8.41. The lowest BCUT2D eigenvalue weighted by Crippen LogP contribution is -2.15. The van der Waals surface area contributed by atoms with Crippen molar-refractivity contribution in [3.8, 4) is 0 Å². The van der Waals surface area contributed by atoms with Gasteiger partial charge in [0.1, 0.15) is 0 Å². The quantitative estimate of drug-likeness (QED) is 0.758. The number of rotatable bonds is 5. The summed E-state index contributed by atoms with van der Waals surface area (Å²) >= 11 is 1.72. The van der Waals surface area contributed by atoms with Crippen molar-refractivity contribution in [2.45, 2.75) is 44.3 Å². The van der Waals surface area contributed by atoms with E-state index in [1.54, 1.807) is 11.8 Å². The van der Waals surface area contributed by atoms with Gasteiger partial charge in [-0.15, -0.1) is 11.8 Å². The molecule has 2 aromatic carbocycles. The molecule has 2 rings (SSSR count). The second-order valence-corrected chi connectivity index (χ2v) is 7.20. The first-order valence-electron chi connectivity index (χ1n) is 7.68. The van der Waals surface area contributed by atoms with Gasteiger partial charge in [-0.1, -0.05) is 51.1 Å². The van der Waals surface area contributed by atoms with E-state index in [0.717, 1.165) is 28.1 Å². The molecule has 2 nitrogen and oxygen atoms in total. The maximum atomic E-state index is 12.7.